The first kappa shape index (κ1) is 25.2. The number of nitrogens with zero attached hydrogens (tertiary/aromatic N) is 3. The zero-order chi connectivity index (χ0) is 25.3. The van der Waals surface area contributed by atoms with E-state index in [-0.39, 0.29) is 23.9 Å². The first-order valence-corrected chi connectivity index (χ1v) is 11.9. The number of aliphatic carboxylic acids is 1. The van der Waals surface area contributed by atoms with Gasteiger partial charge in [-0.15, -0.1) is 0 Å². The van der Waals surface area contributed by atoms with Crippen molar-refractivity contribution in [1.82, 2.24) is 14.9 Å². The molecule has 1 aliphatic heterocycles. The van der Waals surface area contributed by atoms with E-state index in [2.05, 4.69) is 15.3 Å². The molecule has 2 aromatic heterocycles. The van der Waals surface area contributed by atoms with Crippen LogP contribution in [0.3, 0.4) is 0 Å². The van der Waals surface area contributed by atoms with E-state index in [1.165, 1.54) is 6.26 Å². The van der Waals surface area contributed by atoms with Crippen molar-refractivity contribution < 1.29 is 28.6 Å². The highest BCUT2D eigenvalue weighted by Gasteiger charge is 2.26. The van der Waals surface area contributed by atoms with Crippen molar-refractivity contribution in [3.05, 3.63) is 71.6 Å². The molecular formula is C26H30N4O6. The molecular weight excluding hydrogens is 464 g/mol. The number of aromatic nitrogens is 2. The van der Waals surface area contributed by atoms with Gasteiger partial charge in [-0.2, -0.15) is 0 Å². The van der Waals surface area contributed by atoms with Gasteiger partial charge in [-0.3, -0.25) is 9.59 Å². The summed E-state index contributed by atoms with van der Waals surface area (Å²) in [7, 11) is 1.83. The lowest BCUT2D eigenvalue weighted by Crippen LogP contribution is -2.40. The zero-order valence-electron chi connectivity index (χ0n) is 20.2. The average Bonchev–Trinajstić information content (AvgIpc) is 3.40. The molecule has 4 rings (SSSR count). The largest absolute Gasteiger partial charge is 0.493 e. The molecule has 0 bridgehead atoms. The fourth-order valence-electron chi connectivity index (χ4n) is 4.00. The number of nitrogens with one attached hydrogen (secondary N) is 1. The number of amides is 1. The number of hydrogen-bond acceptors (Lipinski definition) is 8. The summed E-state index contributed by atoms with van der Waals surface area (Å²) in [5, 5.41) is 12.4. The van der Waals surface area contributed by atoms with Gasteiger partial charge >= 0.3 is 5.97 Å². The minimum Gasteiger partial charge on any atom is -0.493 e. The number of oxazole rings is 1. The molecule has 1 atom stereocenters. The lowest BCUT2D eigenvalue weighted by Gasteiger charge is -2.25. The number of carbonyl (C=O) groups is 2. The van der Waals surface area contributed by atoms with E-state index in [1.807, 2.05) is 49.5 Å². The molecule has 0 spiro atoms. The molecule has 1 fully saturated rings. The van der Waals surface area contributed by atoms with Crippen molar-refractivity contribution in [3.63, 3.8) is 0 Å². The molecule has 0 aliphatic carbocycles. The smallest absolute Gasteiger partial charge is 0.304 e. The fraction of sp³-hybridized carbons (Fsp3) is 0.385. The number of carboxylic acids is 1. The Morgan fingerprint density at radius 1 is 1.14 bits per heavy atom. The van der Waals surface area contributed by atoms with Gasteiger partial charge in [0.15, 0.2) is 11.6 Å². The highest BCUT2D eigenvalue weighted by atomic mass is 16.5. The standard InChI is InChI=1S/C26H30N4O6/c1-27-23-4-2-3-20(28-23)9-12-35-21-7-5-18(6-8-21)15-19(16-24(31)32)25-29-22(17-36-25)26(33)30-10-13-34-14-11-30/h2-8,17,19H,9-16H2,1H3,(H,27,28)(H,31,32). The van der Waals surface area contributed by atoms with E-state index in [0.29, 0.717) is 51.5 Å². The van der Waals surface area contributed by atoms with E-state index in [1.54, 1.807) is 4.90 Å². The summed E-state index contributed by atoms with van der Waals surface area (Å²) in [5.41, 5.74) is 2.03. The quantitative estimate of drug-likeness (QED) is 0.413. The van der Waals surface area contributed by atoms with E-state index in [4.69, 9.17) is 13.9 Å². The Bertz CT molecular complexity index is 1160. The number of anilines is 1. The molecule has 190 valence electrons. The van der Waals surface area contributed by atoms with Crippen LogP contribution >= 0.6 is 0 Å². The molecule has 1 unspecified atom stereocenters. The summed E-state index contributed by atoms with van der Waals surface area (Å²) >= 11 is 0. The van der Waals surface area contributed by atoms with E-state index < -0.39 is 11.9 Å². The second-order valence-electron chi connectivity index (χ2n) is 8.48. The molecule has 1 saturated heterocycles. The number of ether oxygens (including phenoxy) is 2. The second-order valence-corrected chi connectivity index (χ2v) is 8.48. The number of benzene rings is 1. The van der Waals surface area contributed by atoms with Gasteiger partial charge in [0.1, 0.15) is 17.8 Å². The summed E-state index contributed by atoms with van der Waals surface area (Å²) in [6, 6.07) is 13.3. The van der Waals surface area contributed by atoms with E-state index in [0.717, 1.165) is 17.1 Å². The molecule has 36 heavy (non-hydrogen) atoms. The van der Waals surface area contributed by atoms with Crippen LogP contribution in [-0.4, -0.2) is 71.8 Å². The number of rotatable bonds is 11. The van der Waals surface area contributed by atoms with Crippen LogP contribution in [0, 0.1) is 0 Å². The lowest BCUT2D eigenvalue weighted by molar-refractivity contribution is -0.137. The molecule has 3 heterocycles. The molecule has 0 saturated carbocycles. The van der Waals surface area contributed by atoms with Crippen LogP contribution < -0.4 is 10.1 Å². The molecule has 2 N–H and O–H groups in total. The molecule has 0 radical (unpaired) electrons. The number of carboxylic acid groups (broad SMARTS) is 1. The zero-order valence-corrected chi connectivity index (χ0v) is 20.2. The van der Waals surface area contributed by atoms with Crippen molar-refractivity contribution in [1.29, 1.82) is 0 Å². The number of carbonyl (C=O) groups excluding carboxylic acids is 1. The van der Waals surface area contributed by atoms with Gasteiger partial charge in [0.2, 0.25) is 0 Å². The van der Waals surface area contributed by atoms with Crippen LogP contribution in [0.25, 0.3) is 0 Å². The van der Waals surface area contributed by atoms with Crippen molar-refractivity contribution in [3.8, 4) is 5.75 Å². The van der Waals surface area contributed by atoms with Gasteiger partial charge in [-0.05, 0) is 36.2 Å². The van der Waals surface area contributed by atoms with Crippen molar-refractivity contribution >= 4 is 17.7 Å². The van der Waals surface area contributed by atoms with Crippen LogP contribution in [-0.2, 0) is 22.4 Å². The normalized spacial score (nSPS) is 14.3. The first-order chi connectivity index (χ1) is 17.5. The number of hydrogen-bond donors (Lipinski definition) is 2. The number of morpholine rings is 1. The highest BCUT2D eigenvalue weighted by molar-refractivity contribution is 5.92. The van der Waals surface area contributed by atoms with Crippen molar-refractivity contribution in [2.45, 2.75) is 25.2 Å². The third-order valence-electron chi connectivity index (χ3n) is 5.90. The van der Waals surface area contributed by atoms with Gasteiger partial charge < -0.3 is 29.2 Å². The third-order valence-corrected chi connectivity index (χ3v) is 5.90. The molecule has 3 aromatic rings. The van der Waals surface area contributed by atoms with Crippen LogP contribution in [0.15, 0.2) is 53.1 Å². The fourth-order valence-corrected chi connectivity index (χ4v) is 4.00. The molecule has 10 heteroatoms. The summed E-state index contributed by atoms with van der Waals surface area (Å²) in [5.74, 6) is 0.0628. The van der Waals surface area contributed by atoms with E-state index >= 15 is 0 Å². The number of pyridine rings is 1. The molecule has 1 amide bonds. The van der Waals surface area contributed by atoms with Gasteiger partial charge in [-0.1, -0.05) is 18.2 Å². The summed E-state index contributed by atoms with van der Waals surface area (Å²) in [4.78, 5) is 34.6. The van der Waals surface area contributed by atoms with Crippen molar-refractivity contribution in [2.24, 2.45) is 0 Å². The predicted octanol–water partition coefficient (Wildman–Crippen LogP) is 3.01. The third kappa shape index (κ3) is 6.82. The Balaban J connectivity index is 1.35. The molecule has 10 nitrogen and oxygen atoms in total. The van der Waals surface area contributed by atoms with Crippen molar-refractivity contribution in [2.75, 3.05) is 45.3 Å². The highest BCUT2D eigenvalue weighted by Crippen LogP contribution is 2.26. The SMILES string of the molecule is CNc1cccc(CCOc2ccc(CC(CC(=O)O)c3nc(C(=O)N4CCOCC4)co3)cc2)n1. The summed E-state index contributed by atoms with van der Waals surface area (Å²) < 4.78 is 16.7. The Hall–Kier alpha value is -3.92. The maximum atomic E-state index is 12.7. The monoisotopic (exact) mass is 494 g/mol. The van der Waals surface area contributed by atoms with Gasteiger partial charge in [0.25, 0.3) is 5.91 Å². The van der Waals surface area contributed by atoms with Crippen LogP contribution in [0.5, 0.6) is 5.75 Å². The first-order valence-electron chi connectivity index (χ1n) is 11.9. The summed E-state index contributed by atoms with van der Waals surface area (Å²) in [6.07, 6.45) is 2.22. The second kappa shape index (κ2) is 12.2. The van der Waals surface area contributed by atoms with Crippen LogP contribution in [0.1, 0.15) is 40.0 Å². The predicted molar refractivity (Wildman–Crippen MR) is 131 cm³/mol. The lowest BCUT2D eigenvalue weighted by atomic mass is 9.96. The minimum absolute atomic E-state index is 0.164. The maximum Gasteiger partial charge on any atom is 0.304 e. The molecule has 1 aliphatic rings. The topological polar surface area (TPSA) is 127 Å². The Labute approximate surface area is 209 Å². The maximum absolute atomic E-state index is 12.7. The minimum atomic E-state index is -0.963. The Morgan fingerprint density at radius 2 is 1.92 bits per heavy atom. The molecule has 1 aromatic carbocycles. The Kier molecular flexibility index (Phi) is 8.51. The van der Waals surface area contributed by atoms with Crippen LogP contribution in [0.4, 0.5) is 5.82 Å². The average molecular weight is 495 g/mol. The van der Waals surface area contributed by atoms with Gasteiger partial charge in [0, 0.05) is 32.3 Å². The van der Waals surface area contributed by atoms with Gasteiger partial charge in [0.05, 0.1) is 32.2 Å². The van der Waals surface area contributed by atoms with Gasteiger partial charge in [-0.25, -0.2) is 9.97 Å². The van der Waals surface area contributed by atoms with E-state index in [9.17, 15) is 14.7 Å². The summed E-state index contributed by atoms with van der Waals surface area (Å²) in [6.45, 7) is 2.44. The van der Waals surface area contributed by atoms with Crippen LogP contribution in [0.2, 0.25) is 0 Å². The Morgan fingerprint density at radius 3 is 2.64 bits per heavy atom.